The van der Waals surface area contributed by atoms with Gasteiger partial charge in [-0.15, -0.1) is 0 Å². The van der Waals surface area contributed by atoms with E-state index in [-0.39, 0.29) is 23.7 Å². The molecule has 0 aliphatic carbocycles. The monoisotopic (exact) mass is 347 g/mol. The summed E-state index contributed by atoms with van der Waals surface area (Å²) in [6, 6.07) is 4.62. The molecule has 0 bridgehead atoms. The third-order valence-electron chi connectivity index (χ3n) is 4.81. The second-order valence-electron chi connectivity index (χ2n) is 6.93. The maximum atomic E-state index is 13.7. The fourth-order valence-electron chi connectivity index (χ4n) is 3.30. The van der Waals surface area contributed by atoms with Crippen molar-refractivity contribution in [1.82, 2.24) is 15.0 Å². The molecule has 0 spiro atoms. The minimum Gasteiger partial charge on any atom is -0.481 e. The topological polar surface area (TPSA) is 79.5 Å². The first-order chi connectivity index (χ1) is 11.8. The van der Waals surface area contributed by atoms with Crippen molar-refractivity contribution < 1.29 is 18.8 Å². The van der Waals surface area contributed by atoms with Crippen molar-refractivity contribution in [3.8, 4) is 11.4 Å². The summed E-state index contributed by atoms with van der Waals surface area (Å²) in [5.74, 6) is -0.448. The summed E-state index contributed by atoms with van der Waals surface area (Å²) in [6.07, 6.45) is 0.677. The van der Waals surface area contributed by atoms with Crippen LogP contribution in [0, 0.1) is 24.6 Å². The number of piperidine rings is 1. The second kappa shape index (κ2) is 6.92. The van der Waals surface area contributed by atoms with Crippen LogP contribution < -0.4 is 0 Å². The van der Waals surface area contributed by atoms with Gasteiger partial charge in [0.1, 0.15) is 5.82 Å². The highest BCUT2D eigenvalue weighted by Crippen LogP contribution is 2.30. The molecule has 134 valence electrons. The molecule has 2 heterocycles. The number of hydrogen-bond donors (Lipinski definition) is 1. The Labute approximate surface area is 145 Å². The van der Waals surface area contributed by atoms with Crippen LogP contribution in [0.15, 0.2) is 22.7 Å². The molecular weight excluding hydrogens is 325 g/mol. The van der Waals surface area contributed by atoms with Crippen molar-refractivity contribution in [2.45, 2.75) is 33.2 Å². The van der Waals surface area contributed by atoms with E-state index in [0.717, 1.165) is 6.54 Å². The zero-order valence-corrected chi connectivity index (χ0v) is 14.6. The van der Waals surface area contributed by atoms with Gasteiger partial charge in [0.15, 0.2) is 0 Å². The van der Waals surface area contributed by atoms with E-state index in [1.54, 1.807) is 19.1 Å². The smallest absolute Gasteiger partial charge is 0.307 e. The maximum absolute atomic E-state index is 13.7. The van der Waals surface area contributed by atoms with Gasteiger partial charge in [0.25, 0.3) is 0 Å². The van der Waals surface area contributed by atoms with Gasteiger partial charge in [0.2, 0.25) is 11.7 Å². The molecule has 0 saturated carbocycles. The van der Waals surface area contributed by atoms with Crippen molar-refractivity contribution >= 4 is 5.97 Å². The van der Waals surface area contributed by atoms with Gasteiger partial charge in [0.05, 0.1) is 12.0 Å². The molecule has 7 heteroatoms. The largest absolute Gasteiger partial charge is 0.481 e. The van der Waals surface area contributed by atoms with Crippen molar-refractivity contribution in [1.29, 1.82) is 0 Å². The molecule has 1 fully saturated rings. The van der Waals surface area contributed by atoms with Gasteiger partial charge in [-0.3, -0.25) is 9.69 Å². The summed E-state index contributed by atoms with van der Waals surface area (Å²) in [7, 11) is 0. The Morgan fingerprint density at radius 1 is 1.44 bits per heavy atom. The fraction of sp³-hybridized carbons (Fsp3) is 0.500. The number of rotatable bonds is 4. The minimum absolute atomic E-state index is 0.193. The standard InChI is InChI=1S/C18H22FN3O3/c1-10-6-14(18(23)24)9-22(8-10)12(3)17-20-16(21-25-17)13-5-4-11(2)15(19)7-13/h4-5,7,10,12,14H,6,8-9H2,1-3H3,(H,23,24). The first-order valence-electron chi connectivity index (χ1n) is 8.42. The van der Waals surface area contributed by atoms with Gasteiger partial charge < -0.3 is 9.63 Å². The molecule has 2 aromatic rings. The Kier molecular flexibility index (Phi) is 4.85. The fourth-order valence-corrected chi connectivity index (χ4v) is 3.30. The van der Waals surface area contributed by atoms with E-state index in [2.05, 4.69) is 15.0 Å². The van der Waals surface area contributed by atoms with E-state index in [9.17, 15) is 14.3 Å². The summed E-state index contributed by atoms with van der Waals surface area (Å²) in [6.45, 7) is 6.89. The van der Waals surface area contributed by atoms with Crippen molar-refractivity contribution in [2.75, 3.05) is 13.1 Å². The first kappa shape index (κ1) is 17.5. The van der Waals surface area contributed by atoms with Crippen molar-refractivity contribution in [3.05, 3.63) is 35.5 Å². The Hall–Kier alpha value is -2.28. The molecule has 3 rings (SSSR count). The maximum Gasteiger partial charge on any atom is 0.307 e. The third-order valence-corrected chi connectivity index (χ3v) is 4.81. The zero-order chi connectivity index (χ0) is 18.1. The number of aromatic nitrogens is 2. The second-order valence-corrected chi connectivity index (χ2v) is 6.93. The Balaban J connectivity index is 1.79. The molecular formula is C18H22FN3O3. The molecule has 6 nitrogen and oxygen atoms in total. The molecule has 25 heavy (non-hydrogen) atoms. The van der Waals surface area contributed by atoms with E-state index in [4.69, 9.17) is 4.52 Å². The van der Waals surface area contributed by atoms with Gasteiger partial charge in [-0.1, -0.05) is 24.2 Å². The number of halogens is 1. The number of likely N-dealkylation sites (tertiary alicyclic amines) is 1. The molecule has 1 aliphatic rings. The lowest BCUT2D eigenvalue weighted by atomic mass is 9.89. The molecule has 0 amide bonds. The molecule has 0 radical (unpaired) electrons. The summed E-state index contributed by atoms with van der Waals surface area (Å²) < 4.78 is 19.1. The van der Waals surface area contributed by atoms with Gasteiger partial charge in [0, 0.05) is 18.7 Å². The normalized spacial score (nSPS) is 22.7. The quantitative estimate of drug-likeness (QED) is 0.914. The number of aryl methyl sites for hydroxylation is 1. The lowest BCUT2D eigenvalue weighted by Crippen LogP contribution is -2.43. The average molecular weight is 347 g/mol. The van der Waals surface area contributed by atoms with E-state index in [1.165, 1.54) is 6.07 Å². The van der Waals surface area contributed by atoms with Crippen LogP contribution in [0.25, 0.3) is 11.4 Å². The Morgan fingerprint density at radius 3 is 2.88 bits per heavy atom. The van der Waals surface area contributed by atoms with Gasteiger partial charge in [-0.25, -0.2) is 4.39 Å². The number of nitrogens with zero attached hydrogens (tertiary/aromatic N) is 3. The van der Waals surface area contributed by atoms with Crippen LogP contribution >= 0.6 is 0 Å². The van der Waals surface area contributed by atoms with Crippen LogP contribution in [0.2, 0.25) is 0 Å². The van der Waals surface area contributed by atoms with Crippen LogP contribution in [0.3, 0.4) is 0 Å². The number of carboxylic acids is 1. The van der Waals surface area contributed by atoms with E-state index >= 15 is 0 Å². The molecule has 1 aromatic heterocycles. The minimum atomic E-state index is -0.773. The zero-order valence-electron chi connectivity index (χ0n) is 14.6. The van der Waals surface area contributed by atoms with Crippen LogP contribution in [0.4, 0.5) is 4.39 Å². The highest BCUT2D eigenvalue weighted by atomic mass is 19.1. The Morgan fingerprint density at radius 2 is 2.20 bits per heavy atom. The molecule has 1 N–H and O–H groups in total. The summed E-state index contributed by atoms with van der Waals surface area (Å²) in [5, 5.41) is 13.3. The molecule has 1 saturated heterocycles. The van der Waals surface area contributed by atoms with E-state index < -0.39 is 5.97 Å². The predicted octanol–water partition coefficient (Wildman–Crippen LogP) is 3.29. The van der Waals surface area contributed by atoms with Crippen LogP contribution in [0.5, 0.6) is 0 Å². The van der Waals surface area contributed by atoms with Gasteiger partial charge in [-0.2, -0.15) is 4.98 Å². The number of carboxylic acid groups (broad SMARTS) is 1. The summed E-state index contributed by atoms with van der Waals surface area (Å²) in [5.41, 5.74) is 1.11. The SMILES string of the molecule is Cc1ccc(-c2noc(C(C)N3CC(C)CC(C(=O)O)C3)n2)cc1F. The molecule has 3 atom stereocenters. The van der Waals surface area contributed by atoms with Crippen LogP contribution in [-0.2, 0) is 4.79 Å². The molecule has 1 aliphatic heterocycles. The number of hydrogen-bond acceptors (Lipinski definition) is 5. The number of aliphatic carboxylic acids is 1. The number of benzene rings is 1. The summed E-state index contributed by atoms with van der Waals surface area (Å²) >= 11 is 0. The van der Waals surface area contributed by atoms with E-state index in [0.29, 0.717) is 35.8 Å². The van der Waals surface area contributed by atoms with Crippen molar-refractivity contribution in [2.24, 2.45) is 11.8 Å². The lowest BCUT2D eigenvalue weighted by Gasteiger charge is -2.37. The molecule has 1 aromatic carbocycles. The van der Waals surface area contributed by atoms with Crippen LogP contribution in [-0.4, -0.2) is 39.2 Å². The number of carbonyl (C=O) groups is 1. The van der Waals surface area contributed by atoms with Gasteiger partial charge >= 0.3 is 5.97 Å². The predicted molar refractivity (Wildman–Crippen MR) is 89.3 cm³/mol. The van der Waals surface area contributed by atoms with E-state index in [1.807, 2.05) is 13.8 Å². The van der Waals surface area contributed by atoms with Crippen LogP contribution in [0.1, 0.15) is 37.8 Å². The highest BCUT2D eigenvalue weighted by Gasteiger charge is 2.33. The van der Waals surface area contributed by atoms with Gasteiger partial charge in [-0.05, 0) is 37.8 Å². The molecule has 3 unspecified atom stereocenters. The Bertz CT molecular complexity index is 777. The summed E-state index contributed by atoms with van der Waals surface area (Å²) in [4.78, 5) is 17.8. The van der Waals surface area contributed by atoms with Crippen molar-refractivity contribution in [3.63, 3.8) is 0 Å². The average Bonchev–Trinajstić information content (AvgIpc) is 3.06. The highest BCUT2D eigenvalue weighted by molar-refractivity contribution is 5.70. The first-order valence-corrected chi connectivity index (χ1v) is 8.42. The lowest BCUT2D eigenvalue weighted by molar-refractivity contribution is -0.144. The third kappa shape index (κ3) is 3.71.